The molecule has 3 nitrogen and oxygen atoms in total. The first-order valence-electron chi connectivity index (χ1n) is 4.90. The van der Waals surface area contributed by atoms with E-state index < -0.39 is 0 Å². The number of Topliss-reactive ketones (excluding diaryl/α,β-unsaturated/α-hetero) is 1. The lowest BCUT2D eigenvalue weighted by Gasteiger charge is -2.19. The fourth-order valence-electron chi connectivity index (χ4n) is 1.73. The van der Waals surface area contributed by atoms with Crippen molar-refractivity contribution in [3.63, 3.8) is 0 Å². The summed E-state index contributed by atoms with van der Waals surface area (Å²) in [6, 6.07) is 5.60. The Balaban J connectivity index is 3.32. The van der Waals surface area contributed by atoms with E-state index in [9.17, 15) is 4.79 Å². The third-order valence-corrected chi connectivity index (χ3v) is 2.75. The Kier molecular flexibility index (Phi) is 3.92. The topological polar surface area (TPSA) is 44.1 Å². The molecule has 1 aromatic rings. The molecule has 0 bridgehead atoms. The molecule has 0 heterocycles. The molecule has 0 aliphatic heterocycles. The van der Waals surface area contributed by atoms with Crippen molar-refractivity contribution in [3.8, 4) is 6.07 Å². The van der Waals surface area contributed by atoms with E-state index in [4.69, 9.17) is 17.0 Å². The normalized spacial score (nSPS) is 9.69. The molecule has 84 valence electrons. The molecular weight excluding hydrogens is 224 g/mol. The van der Waals surface area contributed by atoms with Crippen LogP contribution in [0.3, 0.4) is 0 Å². The lowest BCUT2D eigenvalue weighted by Crippen LogP contribution is -2.14. The van der Waals surface area contributed by atoms with Crippen molar-refractivity contribution in [1.82, 2.24) is 0 Å². The number of benzene rings is 1. The summed E-state index contributed by atoms with van der Waals surface area (Å²) < 4.78 is 1.34. The molecule has 0 amide bonds. The van der Waals surface area contributed by atoms with Crippen LogP contribution in [0.25, 0.3) is 0 Å². The summed E-state index contributed by atoms with van der Waals surface area (Å²) in [6.07, 6.45) is 0. The standard InChI is InChI=1S/C12H13ClN2O/c1-8-4-5-11(10(3)16)9(2)12(8)15(13)7-6-14/h4-5H,7H2,1-3H3. The summed E-state index contributed by atoms with van der Waals surface area (Å²) in [7, 11) is 0. The Hall–Kier alpha value is -1.53. The number of carbonyl (C=O) groups is 1. The van der Waals surface area contributed by atoms with E-state index in [2.05, 4.69) is 0 Å². The van der Waals surface area contributed by atoms with E-state index in [1.807, 2.05) is 26.0 Å². The van der Waals surface area contributed by atoms with Gasteiger partial charge in [0.1, 0.15) is 6.54 Å². The van der Waals surface area contributed by atoms with Gasteiger partial charge in [-0.15, -0.1) is 0 Å². The average molecular weight is 237 g/mol. The van der Waals surface area contributed by atoms with E-state index in [0.717, 1.165) is 16.8 Å². The molecule has 0 N–H and O–H groups in total. The van der Waals surface area contributed by atoms with Gasteiger partial charge >= 0.3 is 0 Å². The molecule has 0 saturated heterocycles. The fraction of sp³-hybridized carbons (Fsp3) is 0.333. The Bertz CT molecular complexity index is 463. The predicted octanol–water partition coefficient (Wildman–Crippen LogP) is 2.99. The molecule has 4 heteroatoms. The molecular formula is C12H13ClN2O. The number of nitrogens with zero attached hydrogens (tertiary/aromatic N) is 2. The fourth-order valence-corrected chi connectivity index (χ4v) is 2.04. The van der Waals surface area contributed by atoms with Crippen LogP contribution in [-0.2, 0) is 0 Å². The second-order valence-electron chi connectivity index (χ2n) is 3.64. The summed E-state index contributed by atoms with van der Waals surface area (Å²) >= 11 is 5.99. The van der Waals surface area contributed by atoms with Crippen molar-refractivity contribution in [2.24, 2.45) is 0 Å². The summed E-state index contributed by atoms with van der Waals surface area (Å²) in [5, 5.41) is 8.62. The van der Waals surface area contributed by atoms with Crippen LogP contribution in [-0.4, -0.2) is 12.3 Å². The van der Waals surface area contributed by atoms with Gasteiger partial charge in [0.05, 0.1) is 11.8 Å². The Labute approximate surface area is 100 Å². The third-order valence-electron chi connectivity index (χ3n) is 2.46. The zero-order valence-electron chi connectivity index (χ0n) is 9.54. The van der Waals surface area contributed by atoms with Gasteiger partial charge in [-0.2, -0.15) is 5.26 Å². The van der Waals surface area contributed by atoms with Crippen LogP contribution in [0.2, 0.25) is 0 Å². The second-order valence-corrected chi connectivity index (χ2v) is 4.05. The van der Waals surface area contributed by atoms with E-state index in [0.29, 0.717) is 5.56 Å². The van der Waals surface area contributed by atoms with Gasteiger partial charge in [0, 0.05) is 17.3 Å². The van der Waals surface area contributed by atoms with Crippen LogP contribution in [0.15, 0.2) is 12.1 Å². The minimum Gasteiger partial charge on any atom is -0.294 e. The molecule has 0 fully saturated rings. The first-order chi connectivity index (χ1) is 7.49. The first kappa shape index (κ1) is 12.5. The maximum Gasteiger partial charge on any atom is 0.160 e. The average Bonchev–Trinajstić information content (AvgIpc) is 2.17. The zero-order valence-corrected chi connectivity index (χ0v) is 10.3. The smallest absolute Gasteiger partial charge is 0.160 e. The monoisotopic (exact) mass is 236 g/mol. The van der Waals surface area contributed by atoms with E-state index in [1.165, 1.54) is 11.3 Å². The molecule has 0 unspecified atom stereocenters. The number of hydrogen-bond acceptors (Lipinski definition) is 3. The molecule has 1 rings (SSSR count). The van der Waals surface area contributed by atoms with Gasteiger partial charge in [0.15, 0.2) is 5.78 Å². The van der Waals surface area contributed by atoms with E-state index in [1.54, 1.807) is 6.07 Å². The first-order valence-corrected chi connectivity index (χ1v) is 5.24. The summed E-state index contributed by atoms with van der Waals surface area (Å²) in [5.41, 5.74) is 3.16. The second kappa shape index (κ2) is 5.00. The van der Waals surface area contributed by atoms with E-state index in [-0.39, 0.29) is 12.3 Å². The molecule has 0 aliphatic rings. The molecule has 0 radical (unpaired) electrons. The van der Waals surface area contributed by atoms with Crippen LogP contribution < -0.4 is 4.42 Å². The third kappa shape index (κ3) is 2.34. The van der Waals surface area contributed by atoms with Gasteiger partial charge in [-0.3, -0.25) is 9.21 Å². The van der Waals surface area contributed by atoms with Crippen molar-refractivity contribution in [2.45, 2.75) is 20.8 Å². The van der Waals surface area contributed by atoms with Crippen LogP contribution >= 0.6 is 11.8 Å². The zero-order chi connectivity index (χ0) is 12.3. The van der Waals surface area contributed by atoms with Gasteiger partial charge in [0.25, 0.3) is 0 Å². The van der Waals surface area contributed by atoms with Crippen molar-refractivity contribution in [1.29, 1.82) is 5.26 Å². The maximum absolute atomic E-state index is 11.4. The number of halogens is 1. The van der Waals surface area contributed by atoms with E-state index >= 15 is 0 Å². The number of anilines is 1. The summed E-state index contributed by atoms with van der Waals surface area (Å²) in [4.78, 5) is 11.4. The predicted molar refractivity (Wildman–Crippen MR) is 64.7 cm³/mol. The van der Waals surface area contributed by atoms with Crippen LogP contribution in [0.5, 0.6) is 0 Å². The van der Waals surface area contributed by atoms with Gasteiger partial charge in [-0.25, -0.2) is 0 Å². The number of hydrogen-bond donors (Lipinski definition) is 0. The molecule has 0 saturated carbocycles. The van der Waals surface area contributed by atoms with Crippen LogP contribution in [0, 0.1) is 25.2 Å². The van der Waals surface area contributed by atoms with Crippen LogP contribution in [0.4, 0.5) is 5.69 Å². The molecule has 1 aromatic carbocycles. The number of carbonyl (C=O) groups excluding carboxylic acids is 1. The molecule has 16 heavy (non-hydrogen) atoms. The number of nitriles is 1. The minimum atomic E-state index is 0.000717. The molecule has 0 spiro atoms. The Morgan fingerprint density at radius 1 is 1.50 bits per heavy atom. The molecule has 0 atom stereocenters. The van der Waals surface area contributed by atoms with Gasteiger partial charge in [-0.05, 0) is 31.9 Å². The highest BCUT2D eigenvalue weighted by Gasteiger charge is 2.14. The summed E-state index contributed by atoms with van der Waals surface area (Å²) in [5.74, 6) is 0.000717. The number of aryl methyl sites for hydroxylation is 1. The molecule has 0 aliphatic carbocycles. The maximum atomic E-state index is 11.4. The quantitative estimate of drug-likeness (QED) is 0.460. The lowest BCUT2D eigenvalue weighted by molar-refractivity contribution is 0.101. The Morgan fingerprint density at radius 3 is 2.62 bits per heavy atom. The largest absolute Gasteiger partial charge is 0.294 e. The highest BCUT2D eigenvalue weighted by atomic mass is 35.5. The van der Waals surface area contributed by atoms with Crippen LogP contribution in [0.1, 0.15) is 28.4 Å². The van der Waals surface area contributed by atoms with Crippen molar-refractivity contribution >= 4 is 23.2 Å². The summed E-state index contributed by atoms with van der Waals surface area (Å²) in [6.45, 7) is 5.35. The highest BCUT2D eigenvalue weighted by Crippen LogP contribution is 2.29. The lowest BCUT2D eigenvalue weighted by atomic mass is 10.00. The van der Waals surface area contributed by atoms with Crippen molar-refractivity contribution < 1.29 is 4.79 Å². The molecule has 0 aromatic heterocycles. The van der Waals surface area contributed by atoms with Crippen molar-refractivity contribution in [2.75, 3.05) is 11.0 Å². The van der Waals surface area contributed by atoms with Gasteiger partial charge in [-0.1, -0.05) is 12.1 Å². The SMILES string of the molecule is CC(=O)c1ccc(C)c(N(Cl)CC#N)c1C. The highest BCUT2D eigenvalue weighted by molar-refractivity contribution is 6.26. The van der Waals surface area contributed by atoms with Gasteiger partial charge < -0.3 is 0 Å². The van der Waals surface area contributed by atoms with Gasteiger partial charge in [0.2, 0.25) is 0 Å². The minimum absolute atomic E-state index is 0.000717. The number of rotatable bonds is 3. The Morgan fingerprint density at radius 2 is 2.12 bits per heavy atom. The number of ketones is 1. The van der Waals surface area contributed by atoms with Crippen molar-refractivity contribution in [3.05, 3.63) is 28.8 Å².